The average molecular weight is 655 g/mol. The van der Waals surface area contributed by atoms with Gasteiger partial charge in [0.1, 0.15) is 0 Å². The normalized spacial score (nSPS) is 12.3. The van der Waals surface area contributed by atoms with Gasteiger partial charge in [-0.3, -0.25) is 4.98 Å². The minimum absolute atomic E-state index is 0.937. The molecule has 6 aromatic rings. The molecule has 0 unspecified atom stereocenters. The zero-order chi connectivity index (χ0) is 35.8. The van der Waals surface area contributed by atoms with E-state index in [-0.39, 0.29) is 0 Å². The van der Waals surface area contributed by atoms with E-state index in [1.165, 1.54) is 117 Å². The highest BCUT2D eigenvalue weighted by Crippen LogP contribution is 2.58. The molecule has 1 aliphatic heterocycles. The molecule has 0 N–H and O–H groups in total. The first-order valence-electron chi connectivity index (χ1n) is 18.1. The summed E-state index contributed by atoms with van der Waals surface area (Å²) in [5.41, 5.74) is 29.9. The summed E-state index contributed by atoms with van der Waals surface area (Å²) < 4.78 is 0. The molecule has 2 heteroatoms. The SMILES string of the molecule is Cc1cc(C)nc(-c2c(C)c(-c3ccccc3)c(N3c4c(C)c(C)c(C)c(C)c4Cc4c(C)c(C)c(C)c(C)c43)c(-c3ccccc3)c2C)c1. The van der Waals surface area contributed by atoms with Gasteiger partial charge in [0.2, 0.25) is 0 Å². The van der Waals surface area contributed by atoms with Crippen LogP contribution in [0.15, 0.2) is 72.8 Å². The predicted octanol–water partition coefficient (Wildman–Crippen LogP) is 13.2. The largest absolute Gasteiger partial charge is 0.308 e. The summed E-state index contributed by atoms with van der Waals surface area (Å²) in [6.45, 7) is 27.6. The molecule has 50 heavy (non-hydrogen) atoms. The molecule has 2 nitrogen and oxygen atoms in total. The van der Waals surface area contributed by atoms with Crippen LogP contribution in [-0.2, 0) is 6.42 Å². The Morgan fingerprint density at radius 1 is 0.420 bits per heavy atom. The van der Waals surface area contributed by atoms with Crippen LogP contribution < -0.4 is 4.90 Å². The Bertz CT molecular complexity index is 2190. The summed E-state index contributed by atoms with van der Waals surface area (Å²) >= 11 is 0. The number of pyridine rings is 1. The van der Waals surface area contributed by atoms with Gasteiger partial charge in [-0.1, -0.05) is 60.7 Å². The van der Waals surface area contributed by atoms with Gasteiger partial charge in [0.15, 0.2) is 0 Å². The third-order valence-electron chi connectivity index (χ3n) is 12.0. The van der Waals surface area contributed by atoms with E-state index in [0.29, 0.717) is 0 Å². The minimum Gasteiger partial charge on any atom is -0.308 e. The fraction of sp³-hybridized carbons (Fsp3) is 0.271. The van der Waals surface area contributed by atoms with Gasteiger partial charge in [-0.2, -0.15) is 0 Å². The van der Waals surface area contributed by atoms with Gasteiger partial charge in [-0.05, 0) is 179 Å². The van der Waals surface area contributed by atoms with Gasteiger partial charge in [-0.25, -0.2) is 0 Å². The van der Waals surface area contributed by atoms with Crippen LogP contribution in [0.4, 0.5) is 17.1 Å². The molecular formula is C48H50N2. The Kier molecular flexibility index (Phi) is 8.34. The van der Waals surface area contributed by atoms with Crippen LogP contribution in [0.2, 0.25) is 0 Å². The zero-order valence-electron chi connectivity index (χ0n) is 32.0. The molecule has 0 aliphatic carbocycles. The lowest BCUT2D eigenvalue weighted by atomic mass is 9.78. The second kappa shape index (κ2) is 12.4. The molecule has 1 aromatic heterocycles. The Balaban J connectivity index is 1.78. The van der Waals surface area contributed by atoms with Gasteiger partial charge < -0.3 is 4.90 Å². The van der Waals surface area contributed by atoms with Crippen LogP contribution in [0.25, 0.3) is 33.5 Å². The van der Waals surface area contributed by atoms with Crippen LogP contribution >= 0.6 is 0 Å². The van der Waals surface area contributed by atoms with E-state index in [1.807, 2.05) is 0 Å². The smallest absolute Gasteiger partial charge is 0.0713 e. The molecular weight excluding hydrogens is 605 g/mol. The molecule has 0 saturated carbocycles. The predicted molar refractivity (Wildman–Crippen MR) is 215 cm³/mol. The molecule has 2 heterocycles. The summed E-state index contributed by atoms with van der Waals surface area (Å²) in [5, 5.41) is 0. The molecule has 252 valence electrons. The lowest BCUT2D eigenvalue weighted by molar-refractivity contribution is 0.996. The van der Waals surface area contributed by atoms with Crippen LogP contribution in [-0.4, -0.2) is 4.98 Å². The van der Waals surface area contributed by atoms with Crippen molar-refractivity contribution in [2.45, 2.75) is 89.5 Å². The quantitative estimate of drug-likeness (QED) is 0.188. The number of aryl methyl sites for hydroxylation is 2. The maximum Gasteiger partial charge on any atom is 0.0713 e. The minimum atomic E-state index is 0.937. The lowest BCUT2D eigenvalue weighted by Gasteiger charge is -2.42. The Morgan fingerprint density at radius 3 is 1.26 bits per heavy atom. The van der Waals surface area contributed by atoms with E-state index in [4.69, 9.17) is 4.98 Å². The van der Waals surface area contributed by atoms with Crippen LogP contribution in [0.5, 0.6) is 0 Å². The first kappa shape index (κ1) is 33.5. The Hall–Kier alpha value is -4.95. The second-order valence-corrected chi connectivity index (χ2v) is 14.8. The van der Waals surface area contributed by atoms with Gasteiger partial charge in [0, 0.05) is 28.8 Å². The monoisotopic (exact) mass is 654 g/mol. The molecule has 5 aromatic carbocycles. The average Bonchev–Trinajstić information content (AvgIpc) is 3.10. The molecule has 0 atom stereocenters. The maximum atomic E-state index is 5.19. The Labute approximate surface area is 299 Å². The molecule has 7 rings (SSSR count). The molecule has 0 amide bonds. The highest BCUT2D eigenvalue weighted by atomic mass is 15.2. The number of hydrogen-bond donors (Lipinski definition) is 0. The maximum absolute atomic E-state index is 5.19. The number of aromatic nitrogens is 1. The van der Waals surface area contributed by atoms with E-state index in [1.54, 1.807) is 0 Å². The van der Waals surface area contributed by atoms with Crippen LogP contribution in [0.3, 0.4) is 0 Å². The van der Waals surface area contributed by atoms with Gasteiger partial charge in [0.05, 0.1) is 22.8 Å². The van der Waals surface area contributed by atoms with Gasteiger partial charge in [0.25, 0.3) is 0 Å². The molecule has 0 radical (unpaired) electrons. The molecule has 0 saturated heterocycles. The standard InChI is InChI=1S/C48H50N2/c1-26-23-27(2)49-42(24-26)43-36(11)44(38-19-15-13-16-20-38)48(45(37(43)12)39-21-17-14-18-22-39)50-46-34(9)30(5)28(3)32(7)40(46)25-41-33(8)29(4)31(6)35(10)47(41)50/h13-24H,25H2,1-12H3. The van der Waals surface area contributed by atoms with E-state index in [0.717, 1.165) is 17.8 Å². The van der Waals surface area contributed by atoms with Gasteiger partial charge >= 0.3 is 0 Å². The first-order chi connectivity index (χ1) is 23.8. The van der Waals surface area contributed by atoms with E-state index in [2.05, 4.69) is 161 Å². The van der Waals surface area contributed by atoms with Crippen LogP contribution in [0, 0.1) is 83.1 Å². The lowest BCUT2D eigenvalue weighted by Crippen LogP contribution is -2.26. The van der Waals surface area contributed by atoms with Crippen molar-refractivity contribution in [2.75, 3.05) is 4.90 Å². The molecule has 0 spiro atoms. The number of benzene rings is 5. The summed E-state index contributed by atoms with van der Waals surface area (Å²) in [6, 6.07) is 26.6. The summed E-state index contributed by atoms with van der Waals surface area (Å²) in [5.74, 6) is 0. The number of rotatable bonds is 4. The van der Waals surface area contributed by atoms with Gasteiger partial charge in [-0.15, -0.1) is 0 Å². The number of fused-ring (bicyclic) bond motifs is 2. The van der Waals surface area contributed by atoms with Crippen LogP contribution in [0.1, 0.15) is 78.0 Å². The van der Waals surface area contributed by atoms with E-state index < -0.39 is 0 Å². The van der Waals surface area contributed by atoms with Crippen molar-refractivity contribution in [3.05, 3.63) is 151 Å². The highest BCUT2D eigenvalue weighted by molar-refractivity contribution is 6.06. The fourth-order valence-electron chi connectivity index (χ4n) is 8.80. The number of nitrogens with zero attached hydrogens (tertiary/aromatic N) is 2. The third-order valence-corrected chi connectivity index (χ3v) is 12.0. The van der Waals surface area contributed by atoms with E-state index >= 15 is 0 Å². The van der Waals surface area contributed by atoms with Crippen molar-refractivity contribution in [3.63, 3.8) is 0 Å². The highest BCUT2D eigenvalue weighted by Gasteiger charge is 2.36. The van der Waals surface area contributed by atoms with Crippen molar-refractivity contribution in [1.29, 1.82) is 0 Å². The zero-order valence-corrected chi connectivity index (χ0v) is 32.0. The van der Waals surface area contributed by atoms with Crippen molar-refractivity contribution < 1.29 is 0 Å². The third kappa shape index (κ3) is 5.03. The number of anilines is 3. The van der Waals surface area contributed by atoms with Crippen molar-refractivity contribution in [2.24, 2.45) is 0 Å². The van der Waals surface area contributed by atoms with Crippen molar-refractivity contribution in [3.8, 4) is 33.5 Å². The Morgan fingerprint density at radius 2 is 0.840 bits per heavy atom. The molecule has 0 bridgehead atoms. The molecule has 0 fully saturated rings. The summed E-state index contributed by atoms with van der Waals surface area (Å²) in [6.07, 6.45) is 0.937. The van der Waals surface area contributed by atoms with Crippen molar-refractivity contribution in [1.82, 2.24) is 4.98 Å². The number of hydrogen-bond acceptors (Lipinski definition) is 2. The summed E-state index contributed by atoms with van der Waals surface area (Å²) in [7, 11) is 0. The second-order valence-electron chi connectivity index (χ2n) is 14.8. The summed E-state index contributed by atoms with van der Waals surface area (Å²) in [4.78, 5) is 7.90. The fourth-order valence-corrected chi connectivity index (χ4v) is 8.80. The topological polar surface area (TPSA) is 16.1 Å². The van der Waals surface area contributed by atoms with Crippen molar-refractivity contribution >= 4 is 17.1 Å². The molecule has 1 aliphatic rings. The van der Waals surface area contributed by atoms with E-state index in [9.17, 15) is 0 Å². The first-order valence-corrected chi connectivity index (χ1v) is 18.1.